The van der Waals surface area contributed by atoms with E-state index in [0.717, 1.165) is 18.9 Å². The number of hydrogen-bond acceptors (Lipinski definition) is 4. The molecule has 0 saturated heterocycles. The van der Waals surface area contributed by atoms with Gasteiger partial charge < -0.3 is 11.1 Å². The number of carbonyl (C=O) groups is 1. The van der Waals surface area contributed by atoms with Crippen LogP contribution in [0.2, 0.25) is 0 Å². The summed E-state index contributed by atoms with van der Waals surface area (Å²) in [4.78, 5) is 11.6. The van der Waals surface area contributed by atoms with Crippen molar-refractivity contribution in [3.63, 3.8) is 0 Å². The van der Waals surface area contributed by atoms with E-state index in [1.165, 1.54) is 18.2 Å². The van der Waals surface area contributed by atoms with Gasteiger partial charge in [0.25, 0.3) is 5.91 Å². The van der Waals surface area contributed by atoms with Crippen molar-refractivity contribution in [3.05, 3.63) is 29.8 Å². The van der Waals surface area contributed by atoms with Crippen LogP contribution < -0.4 is 15.8 Å². The summed E-state index contributed by atoms with van der Waals surface area (Å²) in [6, 6.07) is 4.63. The van der Waals surface area contributed by atoms with E-state index in [-0.39, 0.29) is 22.4 Å². The molecule has 10 heteroatoms. The number of halogens is 3. The second-order valence-electron chi connectivity index (χ2n) is 5.98. The number of sulfonamides is 1. The number of benzene rings is 1. The fourth-order valence-corrected chi connectivity index (χ4v) is 4.21. The van der Waals surface area contributed by atoms with Gasteiger partial charge in [0.1, 0.15) is 6.54 Å². The number of nitrogens with two attached hydrogens (primary N) is 1. The van der Waals surface area contributed by atoms with Crippen LogP contribution in [0.1, 0.15) is 29.6 Å². The lowest BCUT2D eigenvalue weighted by Crippen LogP contribution is -2.40. The van der Waals surface area contributed by atoms with E-state index in [9.17, 15) is 26.4 Å². The van der Waals surface area contributed by atoms with Crippen LogP contribution in [0, 0.1) is 5.92 Å². The Bertz CT molecular complexity index is 722. The molecule has 1 saturated carbocycles. The molecular weight excluding hydrogens is 359 g/mol. The largest absolute Gasteiger partial charge is 0.405 e. The SMILES string of the molecule is NCC1CCCC1NS(=O)(=O)c1cccc(C(=O)NCC(F)(F)F)c1. The minimum Gasteiger partial charge on any atom is -0.343 e. The Morgan fingerprint density at radius 3 is 2.64 bits per heavy atom. The van der Waals surface area contributed by atoms with Gasteiger partial charge in [0.15, 0.2) is 0 Å². The van der Waals surface area contributed by atoms with Gasteiger partial charge in [0.05, 0.1) is 4.90 Å². The number of rotatable bonds is 6. The van der Waals surface area contributed by atoms with Crippen LogP contribution in [0.5, 0.6) is 0 Å². The summed E-state index contributed by atoms with van der Waals surface area (Å²) in [5.41, 5.74) is 5.48. The van der Waals surface area contributed by atoms with Gasteiger partial charge in [-0.1, -0.05) is 12.5 Å². The molecule has 0 aromatic heterocycles. The average molecular weight is 379 g/mol. The number of amides is 1. The van der Waals surface area contributed by atoms with Crippen molar-refractivity contribution in [2.75, 3.05) is 13.1 Å². The van der Waals surface area contributed by atoms with Crippen molar-refractivity contribution >= 4 is 15.9 Å². The highest BCUT2D eigenvalue weighted by Crippen LogP contribution is 2.26. The van der Waals surface area contributed by atoms with E-state index in [1.807, 2.05) is 0 Å². The molecule has 0 aliphatic heterocycles. The zero-order chi connectivity index (χ0) is 18.7. The Labute approximate surface area is 144 Å². The van der Waals surface area contributed by atoms with Gasteiger partial charge in [-0.25, -0.2) is 13.1 Å². The highest BCUT2D eigenvalue weighted by atomic mass is 32.2. The number of nitrogens with one attached hydrogen (secondary N) is 2. The van der Waals surface area contributed by atoms with Crippen molar-refractivity contribution in [2.45, 2.75) is 36.4 Å². The topological polar surface area (TPSA) is 101 Å². The molecule has 2 rings (SSSR count). The van der Waals surface area contributed by atoms with Crippen molar-refractivity contribution in [1.82, 2.24) is 10.0 Å². The fourth-order valence-electron chi connectivity index (χ4n) is 2.83. The molecule has 140 valence electrons. The van der Waals surface area contributed by atoms with Crippen LogP contribution in [-0.2, 0) is 10.0 Å². The van der Waals surface area contributed by atoms with Crippen molar-refractivity contribution in [1.29, 1.82) is 0 Å². The van der Waals surface area contributed by atoms with Crippen LogP contribution in [0.3, 0.4) is 0 Å². The number of carbonyl (C=O) groups excluding carboxylic acids is 1. The second-order valence-corrected chi connectivity index (χ2v) is 7.69. The molecule has 1 aromatic carbocycles. The molecule has 2 unspecified atom stereocenters. The standard InChI is InChI=1S/C15H20F3N3O3S/c16-15(17,18)9-20-14(22)10-3-1-5-12(7-10)25(23,24)21-13-6-2-4-11(13)8-19/h1,3,5,7,11,13,21H,2,4,6,8-9,19H2,(H,20,22). The van der Waals surface area contributed by atoms with Gasteiger partial charge in [0, 0.05) is 11.6 Å². The lowest BCUT2D eigenvalue weighted by Gasteiger charge is -2.19. The van der Waals surface area contributed by atoms with Crippen molar-refractivity contribution in [2.24, 2.45) is 11.7 Å². The van der Waals surface area contributed by atoms with Crippen LogP contribution in [-0.4, -0.2) is 39.6 Å². The molecule has 0 heterocycles. The maximum absolute atomic E-state index is 12.5. The van der Waals surface area contributed by atoms with E-state index in [2.05, 4.69) is 4.72 Å². The third-order valence-electron chi connectivity index (χ3n) is 4.12. The second kappa shape index (κ2) is 7.71. The lowest BCUT2D eigenvalue weighted by atomic mass is 10.1. The van der Waals surface area contributed by atoms with Crippen LogP contribution >= 0.6 is 0 Å². The quantitative estimate of drug-likeness (QED) is 0.695. The maximum atomic E-state index is 12.5. The Kier molecular flexibility index (Phi) is 6.07. The first kappa shape index (κ1) is 19.7. The van der Waals surface area contributed by atoms with Crippen molar-refractivity contribution < 1.29 is 26.4 Å². The molecule has 1 fully saturated rings. The molecule has 6 nitrogen and oxygen atoms in total. The zero-order valence-corrected chi connectivity index (χ0v) is 14.2. The highest BCUT2D eigenvalue weighted by molar-refractivity contribution is 7.89. The minimum absolute atomic E-state index is 0.0491. The smallest absolute Gasteiger partial charge is 0.343 e. The van der Waals surface area contributed by atoms with Gasteiger partial charge in [-0.3, -0.25) is 4.79 Å². The minimum atomic E-state index is -4.54. The van der Waals surface area contributed by atoms with Gasteiger partial charge in [-0.2, -0.15) is 13.2 Å². The highest BCUT2D eigenvalue weighted by Gasteiger charge is 2.31. The van der Waals surface area contributed by atoms with E-state index in [4.69, 9.17) is 5.73 Å². The fraction of sp³-hybridized carbons (Fsp3) is 0.533. The van der Waals surface area contributed by atoms with Crippen molar-refractivity contribution in [3.8, 4) is 0 Å². The van der Waals surface area contributed by atoms with Crippen LogP contribution in [0.4, 0.5) is 13.2 Å². The third kappa shape index (κ3) is 5.41. The predicted molar refractivity (Wildman–Crippen MR) is 85.3 cm³/mol. The van der Waals surface area contributed by atoms with E-state index in [0.29, 0.717) is 13.0 Å². The van der Waals surface area contributed by atoms with Gasteiger partial charge >= 0.3 is 6.18 Å². The first-order valence-electron chi connectivity index (χ1n) is 7.80. The molecule has 0 radical (unpaired) electrons. The summed E-state index contributed by atoms with van der Waals surface area (Å²) in [7, 11) is -3.89. The Hall–Kier alpha value is -1.65. The predicted octanol–water partition coefficient (Wildman–Crippen LogP) is 1.38. The molecular formula is C15H20F3N3O3S. The Morgan fingerprint density at radius 1 is 1.28 bits per heavy atom. The summed E-state index contributed by atoms with van der Waals surface area (Å²) in [5, 5.41) is 1.71. The monoisotopic (exact) mass is 379 g/mol. The molecule has 1 amide bonds. The number of hydrogen-bond donors (Lipinski definition) is 3. The Morgan fingerprint density at radius 2 is 2.00 bits per heavy atom. The third-order valence-corrected chi connectivity index (χ3v) is 5.61. The van der Waals surface area contributed by atoms with Crippen LogP contribution in [0.25, 0.3) is 0 Å². The molecule has 0 spiro atoms. The molecule has 1 aromatic rings. The summed E-state index contributed by atoms with van der Waals surface area (Å²) in [5.74, 6) is -0.942. The number of alkyl halides is 3. The maximum Gasteiger partial charge on any atom is 0.405 e. The summed E-state index contributed by atoms with van der Waals surface area (Å²) in [6.45, 7) is -1.12. The first-order chi connectivity index (χ1) is 11.6. The molecule has 25 heavy (non-hydrogen) atoms. The van der Waals surface area contributed by atoms with Gasteiger partial charge in [0.2, 0.25) is 10.0 Å². The Balaban J connectivity index is 2.12. The molecule has 2 atom stereocenters. The summed E-state index contributed by atoms with van der Waals surface area (Å²) < 4.78 is 64.0. The van der Waals surface area contributed by atoms with E-state index in [1.54, 1.807) is 5.32 Å². The normalized spacial score (nSPS) is 21.3. The van der Waals surface area contributed by atoms with E-state index < -0.39 is 28.7 Å². The molecule has 0 bridgehead atoms. The average Bonchev–Trinajstić information content (AvgIpc) is 2.98. The molecule has 1 aliphatic carbocycles. The first-order valence-corrected chi connectivity index (χ1v) is 9.28. The lowest BCUT2D eigenvalue weighted by molar-refractivity contribution is -0.123. The van der Waals surface area contributed by atoms with Crippen LogP contribution in [0.15, 0.2) is 29.2 Å². The summed E-state index contributed by atoms with van der Waals surface area (Å²) >= 11 is 0. The van der Waals surface area contributed by atoms with Gasteiger partial charge in [-0.05, 0) is 43.5 Å². The van der Waals surface area contributed by atoms with Gasteiger partial charge in [-0.15, -0.1) is 0 Å². The molecule has 4 N–H and O–H groups in total. The zero-order valence-electron chi connectivity index (χ0n) is 13.3. The summed E-state index contributed by atoms with van der Waals surface area (Å²) in [6.07, 6.45) is -2.16. The van der Waals surface area contributed by atoms with E-state index >= 15 is 0 Å². The molecule has 1 aliphatic rings.